The summed E-state index contributed by atoms with van der Waals surface area (Å²) >= 11 is 0. The number of hydrogen-bond donors (Lipinski definition) is 2. The summed E-state index contributed by atoms with van der Waals surface area (Å²) in [6, 6.07) is 0.369. The maximum atomic E-state index is 11.4. The SMILES string of the molecule is CC1CCN(C(C)C(=O)NN)C(C)C1. The van der Waals surface area contributed by atoms with Gasteiger partial charge in [-0.1, -0.05) is 6.92 Å². The van der Waals surface area contributed by atoms with Gasteiger partial charge in [-0.15, -0.1) is 0 Å². The highest BCUT2D eigenvalue weighted by atomic mass is 16.2. The summed E-state index contributed by atoms with van der Waals surface area (Å²) in [6.07, 6.45) is 2.34. The normalized spacial score (nSPS) is 31.1. The lowest BCUT2D eigenvalue weighted by Crippen LogP contribution is -2.53. The summed E-state index contributed by atoms with van der Waals surface area (Å²) in [4.78, 5) is 13.6. The van der Waals surface area contributed by atoms with Gasteiger partial charge in [-0.3, -0.25) is 15.1 Å². The lowest BCUT2D eigenvalue weighted by Gasteiger charge is -2.39. The number of likely N-dealkylation sites (tertiary alicyclic amines) is 1. The zero-order valence-corrected chi connectivity index (χ0v) is 9.29. The highest BCUT2D eigenvalue weighted by Crippen LogP contribution is 2.23. The van der Waals surface area contributed by atoms with Crippen LogP contribution in [-0.2, 0) is 4.79 Å². The third kappa shape index (κ3) is 2.45. The summed E-state index contributed by atoms with van der Waals surface area (Å²) in [5.41, 5.74) is 2.21. The van der Waals surface area contributed by atoms with Crippen LogP contribution >= 0.6 is 0 Å². The monoisotopic (exact) mass is 199 g/mol. The van der Waals surface area contributed by atoms with Crippen LogP contribution in [0.1, 0.15) is 33.6 Å². The molecule has 1 heterocycles. The lowest BCUT2D eigenvalue weighted by molar-refractivity contribution is -0.127. The second-order valence-electron chi connectivity index (χ2n) is 4.40. The zero-order valence-electron chi connectivity index (χ0n) is 9.29. The molecule has 1 aliphatic rings. The Labute approximate surface area is 85.8 Å². The molecule has 0 radical (unpaired) electrons. The molecule has 0 aromatic heterocycles. The molecule has 1 fully saturated rings. The molecule has 4 nitrogen and oxygen atoms in total. The van der Waals surface area contributed by atoms with Crippen molar-refractivity contribution >= 4 is 5.91 Å². The first-order valence-electron chi connectivity index (χ1n) is 5.32. The van der Waals surface area contributed by atoms with Gasteiger partial charge in [0.05, 0.1) is 6.04 Å². The topological polar surface area (TPSA) is 58.4 Å². The Kier molecular flexibility index (Phi) is 3.89. The predicted octanol–water partition coefficient (Wildman–Crippen LogP) is 0.485. The highest BCUT2D eigenvalue weighted by molar-refractivity contribution is 5.80. The molecule has 82 valence electrons. The van der Waals surface area contributed by atoms with E-state index < -0.39 is 0 Å². The van der Waals surface area contributed by atoms with Gasteiger partial charge < -0.3 is 0 Å². The number of carbonyl (C=O) groups is 1. The maximum Gasteiger partial charge on any atom is 0.250 e. The molecular formula is C10H21N3O. The van der Waals surface area contributed by atoms with Crippen molar-refractivity contribution in [3.8, 4) is 0 Å². The quantitative estimate of drug-likeness (QED) is 0.386. The molecule has 1 saturated heterocycles. The van der Waals surface area contributed by atoms with E-state index in [-0.39, 0.29) is 11.9 Å². The molecule has 1 rings (SSSR count). The van der Waals surface area contributed by atoms with Crippen LogP contribution in [0, 0.1) is 5.92 Å². The molecule has 3 unspecified atom stereocenters. The summed E-state index contributed by atoms with van der Waals surface area (Å²) < 4.78 is 0. The van der Waals surface area contributed by atoms with Crippen molar-refractivity contribution < 1.29 is 4.79 Å². The molecule has 3 atom stereocenters. The molecule has 0 aromatic carbocycles. The third-order valence-corrected chi connectivity index (χ3v) is 3.21. The van der Waals surface area contributed by atoms with E-state index in [9.17, 15) is 4.79 Å². The number of nitrogens with one attached hydrogen (secondary N) is 1. The smallest absolute Gasteiger partial charge is 0.250 e. The minimum absolute atomic E-state index is 0.0913. The number of nitrogens with two attached hydrogens (primary N) is 1. The molecule has 4 heteroatoms. The van der Waals surface area contributed by atoms with Crippen molar-refractivity contribution in [2.75, 3.05) is 6.54 Å². The van der Waals surface area contributed by atoms with Crippen molar-refractivity contribution in [3.05, 3.63) is 0 Å². The van der Waals surface area contributed by atoms with E-state index in [1.807, 2.05) is 6.92 Å². The summed E-state index contributed by atoms with van der Waals surface area (Å²) in [5, 5.41) is 0. The van der Waals surface area contributed by atoms with Crippen LogP contribution in [0.3, 0.4) is 0 Å². The number of hydrogen-bond acceptors (Lipinski definition) is 3. The summed E-state index contributed by atoms with van der Waals surface area (Å²) in [7, 11) is 0. The van der Waals surface area contributed by atoms with Gasteiger partial charge in [0.1, 0.15) is 0 Å². The van der Waals surface area contributed by atoms with E-state index in [0.29, 0.717) is 6.04 Å². The van der Waals surface area contributed by atoms with E-state index in [2.05, 4.69) is 24.2 Å². The van der Waals surface area contributed by atoms with Gasteiger partial charge in [-0.25, -0.2) is 5.84 Å². The van der Waals surface area contributed by atoms with Gasteiger partial charge >= 0.3 is 0 Å². The van der Waals surface area contributed by atoms with Crippen LogP contribution < -0.4 is 11.3 Å². The van der Waals surface area contributed by atoms with Crippen molar-refractivity contribution in [1.29, 1.82) is 0 Å². The van der Waals surface area contributed by atoms with Gasteiger partial charge in [-0.2, -0.15) is 0 Å². The molecule has 0 saturated carbocycles. The number of amides is 1. The molecule has 1 amide bonds. The Hall–Kier alpha value is -0.610. The van der Waals surface area contributed by atoms with Crippen LogP contribution in [0.4, 0.5) is 0 Å². The Morgan fingerprint density at radius 3 is 2.71 bits per heavy atom. The van der Waals surface area contributed by atoms with Gasteiger partial charge in [0, 0.05) is 6.04 Å². The van der Waals surface area contributed by atoms with E-state index >= 15 is 0 Å². The maximum absolute atomic E-state index is 11.4. The van der Waals surface area contributed by atoms with E-state index in [1.54, 1.807) is 0 Å². The molecule has 0 aliphatic carbocycles. The van der Waals surface area contributed by atoms with Crippen molar-refractivity contribution in [3.63, 3.8) is 0 Å². The number of rotatable bonds is 2. The minimum atomic E-state index is -0.109. The number of nitrogens with zero attached hydrogens (tertiary/aromatic N) is 1. The van der Waals surface area contributed by atoms with Crippen LogP contribution in [0.15, 0.2) is 0 Å². The van der Waals surface area contributed by atoms with Gasteiger partial charge in [-0.05, 0) is 39.2 Å². The van der Waals surface area contributed by atoms with Crippen LogP contribution in [0.25, 0.3) is 0 Å². The number of piperidine rings is 1. The Morgan fingerprint density at radius 2 is 2.21 bits per heavy atom. The summed E-state index contributed by atoms with van der Waals surface area (Å²) in [6.45, 7) is 7.35. The Balaban J connectivity index is 2.55. The summed E-state index contributed by atoms with van der Waals surface area (Å²) in [5.74, 6) is 5.81. The second kappa shape index (κ2) is 4.75. The predicted molar refractivity (Wildman–Crippen MR) is 56.4 cm³/mol. The van der Waals surface area contributed by atoms with Crippen molar-refractivity contribution in [2.24, 2.45) is 11.8 Å². The Morgan fingerprint density at radius 1 is 1.57 bits per heavy atom. The van der Waals surface area contributed by atoms with E-state index in [0.717, 1.165) is 12.5 Å². The standard InChI is InChI=1S/C10H21N3O/c1-7-4-5-13(8(2)6-7)9(3)10(14)12-11/h7-9H,4-6,11H2,1-3H3,(H,12,14). The second-order valence-corrected chi connectivity index (χ2v) is 4.40. The first-order chi connectivity index (χ1) is 6.56. The van der Waals surface area contributed by atoms with Gasteiger partial charge in [0.25, 0.3) is 5.91 Å². The average Bonchev–Trinajstić information content (AvgIpc) is 2.15. The van der Waals surface area contributed by atoms with Crippen molar-refractivity contribution in [1.82, 2.24) is 10.3 Å². The highest BCUT2D eigenvalue weighted by Gasteiger charge is 2.29. The first-order valence-corrected chi connectivity index (χ1v) is 5.32. The number of carbonyl (C=O) groups excluding carboxylic acids is 1. The third-order valence-electron chi connectivity index (χ3n) is 3.21. The molecule has 0 spiro atoms. The lowest BCUT2D eigenvalue weighted by atomic mass is 9.92. The zero-order chi connectivity index (χ0) is 10.7. The largest absolute Gasteiger partial charge is 0.293 e. The fraction of sp³-hybridized carbons (Fsp3) is 0.900. The van der Waals surface area contributed by atoms with Crippen molar-refractivity contribution in [2.45, 2.75) is 45.7 Å². The van der Waals surface area contributed by atoms with E-state index in [4.69, 9.17) is 5.84 Å². The minimum Gasteiger partial charge on any atom is -0.293 e. The van der Waals surface area contributed by atoms with E-state index in [1.165, 1.54) is 12.8 Å². The molecule has 0 bridgehead atoms. The van der Waals surface area contributed by atoms with Gasteiger partial charge in [0.15, 0.2) is 0 Å². The van der Waals surface area contributed by atoms with Gasteiger partial charge in [0.2, 0.25) is 0 Å². The Bertz CT molecular complexity index is 208. The molecule has 3 N–H and O–H groups in total. The average molecular weight is 199 g/mol. The van der Waals surface area contributed by atoms with Crippen LogP contribution in [0.2, 0.25) is 0 Å². The first kappa shape index (κ1) is 11.5. The van der Waals surface area contributed by atoms with Crippen LogP contribution in [0.5, 0.6) is 0 Å². The molecule has 14 heavy (non-hydrogen) atoms. The molecular weight excluding hydrogens is 178 g/mol. The molecule has 0 aromatic rings. The molecule has 1 aliphatic heterocycles. The fourth-order valence-corrected chi connectivity index (χ4v) is 2.27. The fourth-order valence-electron chi connectivity index (χ4n) is 2.27. The van der Waals surface area contributed by atoms with Crippen LogP contribution in [-0.4, -0.2) is 29.4 Å². The number of hydrazine groups is 1.